The molecule has 0 bridgehead atoms. The molecule has 4 aromatic rings. The third-order valence-electron chi connectivity index (χ3n) is 5.60. The zero-order chi connectivity index (χ0) is 25.0. The number of fused-ring (bicyclic) bond motifs is 1. The summed E-state index contributed by atoms with van der Waals surface area (Å²) in [6, 6.07) is 12.4. The Hall–Kier alpha value is -4.09. The van der Waals surface area contributed by atoms with Crippen molar-refractivity contribution in [1.29, 1.82) is 0 Å². The monoisotopic (exact) mass is 476 g/mol. The number of benzene rings is 2. The summed E-state index contributed by atoms with van der Waals surface area (Å²) < 4.78 is 40.9. The van der Waals surface area contributed by atoms with Crippen LogP contribution < -0.4 is 5.32 Å². The summed E-state index contributed by atoms with van der Waals surface area (Å²) in [5.74, 6) is 5.57. The van der Waals surface area contributed by atoms with Gasteiger partial charge >= 0.3 is 6.18 Å². The molecule has 35 heavy (non-hydrogen) atoms. The number of alkyl halides is 3. The second-order valence-corrected chi connectivity index (χ2v) is 8.11. The number of hydrogen-bond acceptors (Lipinski definition) is 3. The van der Waals surface area contributed by atoms with Crippen LogP contribution in [0.15, 0.2) is 67.1 Å². The molecule has 0 aliphatic heterocycles. The van der Waals surface area contributed by atoms with Gasteiger partial charge < -0.3 is 15.2 Å². The minimum atomic E-state index is -4.53. The molecule has 0 saturated carbocycles. The molecule has 2 aromatic heterocycles. The Balaban J connectivity index is 1.55. The number of hydrogen-bond donors (Lipinski definition) is 2. The molecule has 178 valence electrons. The highest BCUT2D eigenvalue weighted by Gasteiger charge is 2.33. The Labute approximate surface area is 201 Å². The molecule has 8 heteroatoms. The highest BCUT2D eigenvalue weighted by Crippen LogP contribution is 2.34. The minimum Gasteiger partial charge on any atom is -0.360 e. The number of pyridine rings is 1. The summed E-state index contributed by atoms with van der Waals surface area (Å²) >= 11 is 0. The van der Waals surface area contributed by atoms with Gasteiger partial charge in [-0.1, -0.05) is 30.9 Å². The molecule has 0 atom stereocenters. The van der Waals surface area contributed by atoms with Crippen LogP contribution in [0, 0.1) is 11.8 Å². The molecular weight excluding hydrogens is 453 g/mol. The number of aromatic nitrogens is 2. The number of nitrogens with zero attached hydrogens (tertiary/aromatic N) is 2. The van der Waals surface area contributed by atoms with Crippen LogP contribution in [0.25, 0.3) is 10.9 Å². The van der Waals surface area contributed by atoms with Crippen molar-refractivity contribution < 1.29 is 18.0 Å². The lowest BCUT2D eigenvalue weighted by Gasteiger charge is -2.19. The van der Waals surface area contributed by atoms with Crippen LogP contribution >= 0.6 is 0 Å². The fourth-order valence-corrected chi connectivity index (χ4v) is 3.62. The summed E-state index contributed by atoms with van der Waals surface area (Å²) in [5, 5.41) is 3.51. The number of nitrogens with one attached hydrogen (secondary N) is 2. The topological polar surface area (TPSA) is 61.0 Å². The average Bonchev–Trinajstić information content (AvgIpc) is 3.32. The van der Waals surface area contributed by atoms with Crippen molar-refractivity contribution in [3.63, 3.8) is 0 Å². The van der Waals surface area contributed by atoms with Crippen LogP contribution in [-0.2, 0) is 12.7 Å². The van der Waals surface area contributed by atoms with Gasteiger partial charge in [0.05, 0.1) is 22.8 Å². The van der Waals surface area contributed by atoms with Gasteiger partial charge in [0.1, 0.15) is 0 Å². The quantitative estimate of drug-likeness (QED) is 0.364. The Kier molecular flexibility index (Phi) is 6.90. The predicted octanol–water partition coefficient (Wildman–Crippen LogP) is 5.69. The van der Waals surface area contributed by atoms with Gasteiger partial charge in [0.25, 0.3) is 5.91 Å². The molecule has 0 radical (unpaired) electrons. The number of aromatic amines is 1. The average molecular weight is 477 g/mol. The lowest BCUT2D eigenvalue weighted by atomic mass is 10.0. The van der Waals surface area contributed by atoms with Crippen LogP contribution in [-0.4, -0.2) is 34.4 Å². The first kappa shape index (κ1) is 24.0. The summed E-state index contributed by atoms with van der Waals surface area (Å²) in [6.07, 6.45) is 0.656. The number of rotatable bonds is 5. The normalized spacial score (nSPS) is 11.4. The molecule has 2 N–H and O–H groups in total. The molecule has 1 amide bonds. The molecule has 0 fully saturated rings. The predicted molar refractivity (Wildman–Crippen MR) is 130 cm³/mol. The molecular formula is C27H23F3N4O. The van der Waals surface area contributed by atoms with Gasteiger partial charge in [0, 0.05) is 41.1 Å². The van der Waals surface area contributed by atoms with Crippen molar-refractivity contribution >= 4 is 22.5 Å². The van der Waals surface area contributed by atoms with Crippen molar-refractivity contribution in [1.82, 2.24) is 14.9 Å². The van der Waals surface area contributed by atoms with Crippen molar-refractivity contribution in [2.45, 2.75) is 19.6 Å². The lowest BCUT2D eigenvalue weighted by Crippen LogP contribution is -2.20. The Bertz CT molecular complexity index is 1430. The third-order valence-corrected chi connectivity index (χ3v) is 5.60. The molecule has 2 heterocycles. The van der Waals surface area contributed by atoms with E-state index in [1.807, 2.05) is 13.0 Å². The van der Waals surface area contributed by atoms with E-state index in [2.05, 4.69) is 27.1 Å². The first-order valence-corrected chi connectivity index (χ1v) is 11.0. The van der Waals surface area contributed by atoms with E-state index in [1.165, 1.54) is 12.1 Å². The van der Waals surface area contributed by atoms with Crippen LogP contribution in [0.1, 0.15) is 39.5 Å². The Morgan fingerprint density at radius 1 is 1.11 bits per heavy atom. The van der Waals surface area contributed by atoms with E-state index in [4.69, 9.17) is 0 Å². The zero-order valence-electron chi connectivity index (χ0n) is 19.2. The number of H-pyrrole nitrogens is 1. The van der Waals surface area contributed by atoms with E-state index in [1.54, 1.807) is 54.8 Å². The molecule has 0 aliphatic rings. The van der Waals surface area contributed by atoms with E-state index >= 15 is 0 Å². The molecule has 0 unspecified atom stereocenters. The SMILES string of the molecule is CCN(C)Cc1ccc(NC(=O)c2cccc(C#Cc3cncc4[nH]ccc34)c2)cc1C(F)(F)F. The first-order valence-electron chi connectivity index (χ1n) is 11.0. The van der Waals surface area contributed by atoms with Crippen molar-refractivity contribution in [3.8, 4) is 11.8 Å². The van der Waals surface area contributed by atoms with Crippen molar-refractivity contribution in [3.05, 3.63) is 94.9 Å². The highest BCUT2D eigenvalue weighted by molar-refractivity contribution is 6.04. The second kappa shape index (κ2) is 10.0. The fourth-order valence-electron chi connectivity index (χ4n) is 3.62. The van der Waals surface area contributed by atoms with E-state index in [0.717, 1.165) is 22.5 Å². The van der Waals surface area contributed by atoms with Gasteiger partial charge in [-0.05, 0) is 55.6 Å². The van der Waals surface area contributed by atoms with Gasteiger partial charge in [0.2, 0.25) is 0 Å². The standard InChI is InChI=1S/C27H23F3N4O/c1-3-34(2)17-21-9-10-22(14-24(21)27(28,29)30)33-26(35)19-6-4-5-18(13-19)7-8-20-15-31-16-25-23(20)11-12-32-25/h4-6,9-16,32H,3,17H2,1-2H3,(H,33,35). The maximum Gasteiger partial charge on any atom is 0.416 e. The minimum absolute atomic E-state index is 0.0759. The summed E-state index contributed by atoms with van der Waals surface area (Å²) in [5.41, 5.74) is 1.97. The van der Waals surface area contributed by atoms with Crippen molar-refractivity contribution in [2.24, 2.45) is 0 Å². The van der Waals surface area contributed by atoms with E-state index in [9.17, 15) is 18.0 Å². The van der Waals surface area contributed by atoms with Crippen LogP contribution in [0.2, 0.25) is 0 Å². The van der Waals surface area contributed by atoms with Gasteiger partial charge in [-0.3, -0.25) is 9.78 Å². The van der Waals surface area contributed by atoms with Gasteiger partial charge in [-0.2, -0.15) is 13.2 Å². The van der Waals surface area contributed by atoms with Gasteiger partial charge in [0.15, 0.2) is 0 Å². The summed E-state index contributed by atoms with van der Waals surface area (Å²) in [7, 11) is 1.75. The van der Waals surface area contributed by atoms with E-state index in [0.29, 0.717) is 12.1 Å². The van der Waals surface area contributed by atoms with Gasteiger partial charge in [-0.15, -0.1) is 0 Å². The Morgan fingerprint density at radius 3 is 2.71 bits per heavy atom. The lowest BCUT2D eigenvalue weighted by molar-refractivity contribution is -0.138. The smallest absolute Gasteiger partial charge is 0.360 e. The third kappa shape index (κ3) is 5.70. The maximum atomic E-state index is 13.6. The summed E-state index contributed by atoms with van der Waals surface area (Å²) in [6.45, 7) is 2.65. The van der Waals surface area contributed by atoms with Crippen molar-refractivity contribution in [2.75, 3.05) is 18.9 Å². The maximum absolute atomic E-state index is 13.6. The number of anilines is 1. The van der Waals surface area contributed by atoms with Crippen LogP contribution in [0.3, 0.4) is 0 Å². The summed E-state index contributed by atoms with van der Waals surface area (Å²) in [4.78, 5) is 21.8. The number of carbonyl (C=O) groups excluding carboxylic acids is 1. The molecule has 0 saturated heterocycles. The Morgan fingerprint density at radius 2 is 1.94 bits per heavy atom. The fraction of sp³-hybridized carbons (Fsp3) is 0.185. The highest BCUT2D eigenvalue weighted by atomic mass is 19.4. The molecule has 2 aromatic carbocycles. The van der Waals surface area contributed by atoms with E-state index < -0.39 is 17.6 Å². The molecule has 5 nitrogen and oxygen atoms in total. The first-order chi connectivity index (χ1) is 16.7. The largest absolute Gasteiger partial charge is 0.416 e. The second-order valence-electron chi connectivity index (χ2n) is 8.11. The zero-order valence-corrected chi connectivity index (χ0v) is 19.2. The van der Waals surface area contributed by atoms with Gasteiger partial charge in [-0.25, -0.2) is 0 Å². The molecule has 4 rings (SSSR count). The van der Waals surface area contributed by atoms with E-state index in [-0.39, 0.29) is 23.4 Å². The molecule has 0 aliphatic carbocycles. The van der Waals surface area contributed by atoms with Crippen LogP contribution in [0.5, 0.6) is 0 Å². The number of halogens is 3. The number of carbonyl (C=O) groups is 1. The number of amides is 1. The van der Waals surface area contributed by atoms with Crippen LogP contribution in [0.4, 0.5) is 18.9 Å². The molecule has 0 spiro atoms.